The van der Waals surface area contributed by atoms with Crippen LogP contribution in [0.1, 0.15) is 24.3 Å². The van der Waals surface area contributed by atoms with E-state index in [2.05, 4.69) is 10.3 Å². The number of amides is 1. The lowest BCUT2D eigenvalue weighted by molar-refractivity contribution is 0.0767. The summed E-state index contributed by atoms with van der Waals surface area (Å²) in [7, 11) is 0. The minimum atomic E-state index is -2.43. The SMILES string of the molecule is CCN(CC)C(=O)c1cc(NCC(F)F)ccn1. The summed E-state index contributed by atoms with van der Waals surface area (Å²) in [5.41, 5.74) is 0.735. The average Bonchev–Trinajstić information content (AvgIpc) is 2.38. The van der Waals surface area contributed by atoms with Gasteiger partial charge in [0, 0.05) is 25.0 Å². The van der Waals surface area contributed by atoms with E-state index >= 15 is 0 Å². The van der Waals surface area contributed by atoms with Gasteiger partial charge in [0.1, 0.15) is 5.69 Å². The van der Waals surface area contributed by atoms with E-state index in [9.17, 15) is 13.6 Å². The van der Waals surface area contributed by atoms with Gasteiger partial charge in [-0.3, -0.25) is 9.78 Å². The molecule has 1 aromatic rings. The zero-order valence-corrected chi connectivity index (χ0v) is 10.5. The summed E-state index contributed by atoms with van der Waals surface area (Å²) in [6.45, 7) is 4.49. The average molecular weight is 257 g/mol. The summed E-state index contributed by atoms with van der Waals surface area (Å²) < 4.78 is 24.1. The topological polar surface area (TPSA) is 45.2 Å². The van der Waals surface area contributed by atoms with Crippen molar-refractivity contribution in [1.82, 2.24) is 9.88 Å². The second-order valence-corrected chi connectivity index (χ2v) is 3.68. The first-order chi connectivity index (χ1) is 8.58. The van der Waals surface area contributed by atoms with Gasteiger partial charge in [-0.05, 0) is 26.0 Å². The molecule has 0 saturated carbocycles. The van der Waals surface area contributed by atoms with E-state index in [1.165, 1.54) is 12.3 Å². The zero-order valence-electron chi connectivity index (χ0n) is 10.5. The number of hydrogen-bond donors (Lipinski definition) is 1. The largest absolute Gasteiger partial charge is 0.379 e. The molecule has 0 aromatic carbocycles. The van der Waals surface area contributed by atoms with Crippen LogP contribution in [-0.2, 0) is 0 Å². The number of nitrogens with zero attached hydrogens (tertiary/aromatic N) is 2. The standard InChI is InChI=1S/C12H17F2N3O/c1-3-17(4-2)12(18)10-7-9(5-6-15-10)16-8-11(13)14/h5-7,11H,3-4,8H2,1-2H3,(H,15,16). The minimum Gasteiger partial charge on any atom is -0.379 e. The van der Waals surface area contributed by atoms with Gasteiger partial charge < -0.3 is 10.2 Å². The first-order valence-electron chi connectivity index (χ1n) is 5.85. The lowest BCUT2D eigenvalue weighted by atomic mass is 10.2. The zero-order chi connectivity index (χ0) is 13.5. The van der Waals surface area contributed by atoms with Gasteiger partial charge in [-0.2, -0.15) is 0 Å². The first kappa shape index (κ1) is 14.3. The van der Waals surface area contributed by atoms with Crippen LogP contribution in [0.2, 0.25) is 0 Å². The Morgan fingerprint density at radius 2 is 2.11 bits per heavy atom. The van der Waals surface area contributed by atoms with E-state index < -0.39 is 13.0 Å². The monoisotopic (exact) mass is 257 g/mol. The highest BCUT2D eigenvalue weighted by Gasteiger charge is 2.14. The number of rotatable bonds is 6. The van der Waals surface area contributed by atoms with Crippen molar-refractivity contribution in [3.05, 3.63) is 24.0 Å². The van der Waals surface area contributed by atoms with Crippen molar-refractivity contribution in [3.63, 3.8) is 0 Å². The fourth-order valence-corrected chi connectivity index (χ4v) is 1.53. The van der Waals surface area contributed by atoms with Crippen molar-refractivity contribution >= 4 is 11.6 Å². The van der Waals surface area contributed by atoms with Gasteiger partial charge in [-0.1, -0.05) is 0 Å². The van der Waals surface area contributed by atoms with Crippen LogP contribution in [0.25, 0.3) is 0 Å². The molecule has 1 N–H and O–H groups in total. The van der Waals surface area contributed by atoms with Crippen molar-refractivity contribution in [1.29, 1.82) is 0 Å². The van der Waals surface area contributed by atoms with Crippen molar-refractivity contribution < 1.29 is 13.6 Å². The number of pyridine rings is 1. The quantitative estimate of drug-likeness (QED) is 0.850. The van der Waals surface area contributed by atoms with E-state index in [1.54, 1.807) is 11.0 Å². The van der Waals surface area contributed by atoms with Crippen LogP contribution in [0, 0.1) is 0 Å². The fraction of sp³-hybridized carbons (Fsp3) is 0.500. The van der Waals surface area contributed by atoms with Crippen molar-refractivity contribution in [3.8, 4) is 0 Å². The molecular formula is C12H17F2N3O. The van der Waals surface area contributed by atoms with E-state index in [-0.39, 0.29) is 11.6 Å². The molecular weight excluding hydrogens is 240 g/mol. The Morgan fingerprint density at radius 1 is 1.44 bits per heavy atom. The first-order valence-corrected chi connectivity index (χ1v) is 5.85. The molecule has 0 unspecified atom stereocenters. The Hall–Kier alpha value is -1.72. The third-order valence-electron chi connectivity index (χ3n) is 2.49. The molecule has 0 radical (unpaired) electrons. The number of halogens is 2. The number of hydrogen-bond acceptors (Lipinski definition) is 3. The highest BCUT2D eigenvalue weighted by atomic mass is 19.3. The molecule has 18 heavy (non-hydrogen) atoms. The van der Waals surface area contributed by atoms with Gasteiger partial charge >= 0.3 is 0 Å². The molecule has 100 valence electrons. The molecule has 0 aliphatic heterocycles. The summed E-state index contributed by atoms with van der Waals surface area (Å²) in [5, 5.41) is 2.55. The summed E-state index contributed by atoms with van der Waals surface area (Å²) in [6.07, 6.45) is -0.995. The predicted molar refractivity (Wildman–Crippen MR) is 66.0 cm³/mol. The van der Waals surface area contributed by atoms with Gasteiger partial charge in [0.15, 0.2) is 0 Å². The number of anilines is 1. The normalized spacial score (nSPS) is 10.5. The molecule has 0 fully saturated rings. The fourth-order valence-electron chi connectivity index (χ4n) is 1.53. The van der Waals surface area contributed by atoms with Crippen LogP contribution in [0.4, 0.5) is 14.5 Å². The lowest BCUT2D eigenvalue weighted by Gasteiger charge is -2.18. The third-order valence-corrected chi connectivity index (χ3v) is 2.49. The molecule has 1 rings (SSSR count). The summed E-state index contributed by atoms with van der Waals surface area (Å²) in [6, 6.07) is 3.05. The van der Waals surface area contributed by atoms with Crippen molar-refractivity contribution in [2.45, 2.75) is 20.3 Å². The third kappa shape index (κ3) is 3.94. The molecule has 1 amide bonds. The van der Waals surface area contributed by atoms with Crippen LogP contribution in [0.5, 0.6) is 0 Å². The van der Waals surface area contributed by atoms with Gasteiger partial charge in [0.2, 0.25) is 0 Å². The van der Waals surface area contributed by atoms with Crippen LogP contribution in [0.15, 0.2) is 18.3 Å². The maximum Gasteiger partial charge on any atom is 0.272 e. The summed E-state index contributed by atoms with van der Waals surface area (Å²) in [5.74, 6) is -0.194. The molecule has 1 aromatic heterocycles. The molecule has 0 saturated heterocycles. The lowest BCUT2D eigenvalue weighted by Crippen LogP contribution is -2.31. The highest BCUT2D eigenvalue weighted by Crippen LogP contribution is 2.10. The number of carbonyl (C=O) groups is 1. The van der Waals surface area contributed by atoms with E-state index in [1.807, 2.05) is 13.8 Å². The van der Waals surface area contributed by atoms with E-state index in [4.69, 9.17) is 0 Å². The number of aromatic nitrogens is 1. The van der Waals surface area contributed by atoms with Crippen LogP contribution < -0.4 is 5.32 Å². The molecule has 0 spiro atoms. The summed E-state index contributed by atoms with van der Waals surface area (Å²) in [4.78, 5) is 17.6. The highest BCUT2D eigenvalue weighted by molar-refractivity contribution is 5.93. The van der Waals surface area contributed by atoms with E-state index in [0.717, 1.165) is 0 Å². The van der Waals surface area contributed by atoms with Gasteiger partial charge in [-0.15, -0.1) is 0 Å². The number of nitrogens with one attached hydrogen (secondary N) is 1. The Kier molecular flexibility index (Phi) is 5.48. The number of alkyl halides is 2. The van der Waals surface area contributed by atoms with Gasteiger partial charge in [0.05, 0.1) is 6.54 Å². The predicted octanol–water partition coefficient (Wildman–Crippen LogP) is 2.24. The molecule has 4 nitrogen and oxygen atoms in total. The second kappa shape index (κ2) is 6.88. The molecule has 0 aliphatic rings. The Bertz CT molecular complexity index is 395. The smallest absolute Gasteiger partial charge is 0.272 e. The Balaban J connectivity index is 2.78. The Labute approximate surface area is 105 Å². The van der Waals surface area contributed by atoms with Crippen LogP contribution in [0.3, 0.4) is 0 Å². The molecule has 6 heteroatoms. The number of carbonyl (C=O) groups excluding carboxylic acids is 1. The van der Waals surface area contributed by atoms with Gasteiger partial charge in [0.25, 0.3) is 12.3 Å². The second-order valence-electron chi connectivity index (χ2n) is 3.68. The maximum absolute atomic E-state index is 12.1. The van der Waals surface area contributed by atoms with Gasteiger partial charge in [-0.25, -0.2) is 8.78 Å². The molecule has 0 atom stereocenters. The van der Waals surface area contributed by atoms with Crippen molar-refractivity contribution in [2.24, 2.45) is 0 Å². The molecule has 0 bridgehead atoms. The van der Waals surface area contributed by atoms with Crippen LogP contribution >= 0.6 is 0 Å². The van der Waals surface area contributed by atoms with Crippen molar-refractivity contribution in [2.75, 3.05) is 25.0 Å². The Morgan fingerprint density at radius 3 is 2.67 bits per heavy atom. The minimum absolute atomic E-state index is 0.194. The summed E-state index contributed by atoms with van der Waals surface area (Å²) >= 11 is 0. The maximum atomic E-state index is 12.1. The molecule has 0 aliphatic carbocycles. The molecule has 1 heterocycles. The van der Waals surface area contributed by atoms with Crippen LogP contribution in [-0.4, -0.2) is 41.9 Å². The van der Waals surface area contributed by atoms with E-state index in [0.29, 0.717) is 18.8 Å².